The summed E-state index contributed by atoms with van der Waals surface area (Å²) in [4.78, 5) is 0. The summed E-state index contributed by atoms with van der Waals surface area (Å²) in [7, 11) is 0. The maximum atomic E-state index is 7.76. The summed E-state index contributed by atoms with van der Waals surface area (Å²) >= 11 is 0. The summed E-state index contributed by atoms with van der Waals surface area (Å²) in [5.74, 6) is 0. The lowest BCUT2D eigenvalue weighted by Gasteiger charge is -2.15. The Balaban J connectivity index is 0.000000239. The van der Waals surface area contributed by atoms with Crippen LogP contribution < -0.4 is 0 Å². The van der Waals surface area contributed by atoms with Crippen molar-refractivity contribution >= 4 is 0 Å². The zero-order chi connectivity index (χ0) is 12.1. The highest BCUT2D eigenvalue weighted by molar-refractivity contribution is 4.90. The van der Waals surface area contributed by atoms with Crippen LogP contribution in [0.1, 0.15) is 6.42 Å². The van der Waals surface area contributed by atoms with E-state index in [4.69, 9.17) is 24.1 Å². The number of hydrogen-bond donors (Lipinski definition) is 1. The number of rotatable bonds is 4. The number of ether oxygens (including phenoxy) is 4. The van der Waals surface area contributed by atoms with Crippen molar-refractivity contribution in [2.75, 3.05) is 33.0 Å². The lowest BCUT2D eigenvalue weighted by atomic mass is 10.1. The summed E-state index contributed by atoms with van der Waals surface area (Å²) in [6.45, 7) is 6.35. The van der Waals surface area contributed by atoms with Crippen LogP contribution in [0.3, 0.4) is 0 Å². The molecule has 0 aromatic heterocycles. The van der Waals surface area contributed by atoms with Gasteiger partial charge in [-0.05, 0) is 6.42 Å². The van der Waals surface area contributed by atoms with Crippen LogP contribution in [-0.4, -0.2) is 62.6 Å². The molecule has 3 aliphatic rings. The Labute approximate surface area is 101 Å². The largest absolute Gasteiger partial charge is 0.392 e. The summed E-state index contributed by atoms with van der Waals surface area (Å²) in [5.41, 5.74) is 0. The second-order valence-electron chi connectivity index (χ2n) is 4.29. The van der Waals surface area contributed by atoms with Gasteiger partial charge in [-0.25, -0.2) is 0 Å². The molecule has 5 heteroatoms. The van der Waals surface area contributed by atoms with Crippen LogP contribution in [0.15, 0.2) is 12.7 Å². The molecule has 0 aliphatic carbocycles. The van der Waals surface area contributed by atoms with Gasteiger partial charge in [0.2, 0.25) is 0 Å². The second kappa shape index (κ2) is 6.47. The van der Waals surface area contributed by atoms with Crippen molar-refractivity contribution in [1.82, 2.24) is 0 Å². The van der Waals surface area contributed by atoms with Gasteiger partial charge in [-0.15, -0.1) is 6.58 Å². The molecule has 0 aromatic carbocycles. The molecule has 17 heavy (non-hydrogen) atoms. The van der Waals surface area contributed by atoms with Crippen molar-refractivity contribution in [2.45, 2.75) is 30.8 Å². The maximum Gasteiger partial charge on any atom is 0.112 e. The van der Waals surface area contributed by atoms with Gasteiger partial charge in [0.15, 0.2) is 0 Å². The molecule has 3 rings (SSSR count). The first-order valence-electron chi connectivity index (χ1n) is 6.03. The lowest BCUT2D eigenvalue weighted by molar-refractivity contribution is -0.0350. The average molecular weight is 244 g/mol. The van der Waals surface area contributed by atoms with E-state index in [2.05, 4.69) is 6.58 Å². The number of epoxide rings is 1. The van der Waals surface area contributed by atoms with Crippen LogP contribution in [0.5, 0.6) is 0 Å². The molecule has 1 N–H and O–H groups in total. The molecule has 3 fully saturated rings. The van der Waals surface area contributed by atoms with Gasteiger partial charge in [0.05, 0.1) is 32.5 Å². The SMILES string of the molecule is C1C[C@H]2OCC(OCC3CO3)[C@H]2O1.C=CCO. The van der Waals surface area contributed by atoms with Crippen LogP contribution in [-0.2, 0) is 18.9 Å². The van der Waals surface area contributed by atoms with E-state index >= 15 is 0 Å². The van der Waals surface area contributed by atoms with Gasteiger partial charge in [-0.3, -0.25) is 0 Å². The van der Waals surface area contributed by atoms with Crippen molar-refractivity contribution in [2.24, 2.45) is 0 Å². The van der Waals surface area contributed by atoms with E-state index in [-0.39, 0.29) is 24.9 Å². The van der Waals surface area contributed by atoms with Crippen molar-refractivity contribution in [3.8, 4) is 0 Å². The fourth-order valence-corrected chi connectivity index (χ4v) is 1.97. The zero-order valence-electron chi connectivity index (χ0n) is 9.92. The highest BCUT2D eigenvalue weighted by Crippen LogP contribution is 2.28. The minimum atomic E-state index is 0.0833. The molecule has 0 saturated carbocycles. The van der Waals surface area contributed by atoms with Crippen molar-refractivity contribution in [3.63, 3.8) is 0 Å². The molecule has 0 spiro atoms. The molecular formula is C12H20O5. The van der Waals surface area contributed by atoms with Crippen LogP contribution in [0.2, 0.25) is 0 Å². The van der Waals surface area contributed by atoms with E-state index < -0.39 is 0 Å². The van der Waals surface area contributed by atoms with E-state index in [1.165, 1.54) is 6.08 Å². The molecule has 3 saturated heterocycles. The third kappa shape index (κ3) is 3.76. The molecule has 98 valence electrons. The van der Waals surface area contributed by atoms with E-state index in [0.29, 0.717) is 19.3 Å². The normalized spacial score (nSPS) is 38.2. The topological polar surface area (TPSA) is 60.5 Å². The minimum absolute atomic E-state index is 0.0833. The van der Waals surface area contributed by atoms with Crippen LogP contribution in [0, 0.1) is 0 Å². The van der Waals surface area contributed by atoms with Crippen molar-refractivity contribution < 1.29 is 24.1 Å². The summed E-state index contributed by atoms with van der Waals surface area (Å²) in [6.07, 6.45) is 3.38. The molecule has 3 aliphatic heterocycles. The van der Waals surface area contributed by atoms with Crippen molar-refractivity contribution in [3.05, 3.63) is 12.7 Å². The Morgan fingerprint density at radius 2 is 2.06 bits per heavy atom. The van der Waals surface area contributed by atoms with Gasteiger partial charge in [0.25, 0.3) is 0 Å². The summed E-state index contributed by atoms with van der Waals surface area (Å²) in [6, 6.07) is 0. The number of aliphatic hydroxyl groups is 1. The highest BCUT2D eigenvalue weighted by atomic mass is 16.6. The number of aliphatic hydroxyl groups excluding tert-OH is 1. The smallest absolute Gasteiger partial charge is 0.112 e. The third-order valence-electron chi connectivity index (χ3n) is 2.95. The molecule has 0 bridgehead atoms. The molecule has 0 aromatic rings. The zero-order valence-corrected chi connectivity index (χ0v) is 9.92. The van der Waals surface area contributed by atoms with Gasteiger partial charge < -0.3 is 24.1 Å². The summed E-state index contributed by atoms with van der Waals surface area (Å²) in [5, 5.41) is 7.76. The first kappa shape index (κ1) is 13.0. The fourth-order valence-electron chi connectivity index (χ4n) is 1.97. The van der Waals surface area contributed by atoms with Crippen LogP contribution in [0.4, 0.5) is 0 Å². The van der Waals surface area contributed by atoms with Gasteiger partial charge in [0.1, 0.15) is 18.3 Å². The molecule has 2 unspecified atom stereocenters. The molecular weight excluding hydrogens is 224 g/mol. The molecule has 0 amide bonds. The summed E-state index contributed by atoms with van der Waals surface area (Å²) < 4.78 is 21.8. The first-order valence-corrected chi connectivity index (χ1v) is 6.03. The Kier molecular flexibility index (Phi) is 4.94. The predicted octanol–water partition coefficient (Wildman–Crippen LogP) is 0.123. The molecule has 4 atom stereocenters. The number of fused-ring (bicyclic) bond motifs is 1. The van der Waals surface area contributed by atoms with E-state index in [9.17, 15) is 0 Å². The fraction of sp³-hybridized carbons (Fsp3) is 0.833. The average Bonchev–Trinajstić information content (AvgIpc) is 2.92. The minimum Gasteiger partial charge on any atom is -0.392 e. The van der Waals surface area contributed by atoms with E-state index in [1.807, 2.05) is 0 Å². The molecule has 0 radical (unpaired) electrons. The Morgan fingerprint density at radius 1 is 1.29 bits per heavy atom. The lowest BCUT2D eigenvalue weighted by Crippen LogP contribution is -2.31. The van der Waals surface area contributed by atoms with Gasteiger partial charge in [-0.2, -0.15) is 0 Å². The van der Waals surface area contributed by atoms with Crippen LogP contribution in [0.25, 0.3) is 0 Å². The maximum absolute atomic E-state index is 7.76. The Bertz CT molecular complexity index is 241. The quantitative estimate of drug-likeness (QED) is 0.562. The second-order valence-corrected chi connectivity index (χ2v) is 4.29. The molecule has 3 heterocycles. The standard InChI is InChI=1S/C9H14O4.C3H6O/c1-2-10-9-7(1)13-5-8(9)12-4-6-3-11-6;1-2-3-4/h6-9H,1-5H2;2,4H,1,3H2/t6?,7-,8?,9+;/m1./s1. The van der Waals surface area contributed by atoms with E-state index in [0.717, 1.165) is 19.6 Å². The van der Waals surface area contributed by atoms with Gasteiger partial charge in [-0.1, -0.05) is 6.08 Å². The molecule has 5 nitrogen and oxygen atoms in total. The van der Waals surface area contributed by atoms with Crippen molar-refractivity contribution in [1.29, 1.82) is 0 Å². The number of hydrogen-bond acceptors (Lipinski definition) is 5. The highest BCUT2D eigenvalue weighted by Gasteiger charge is 2.43. The monoisotopic (exact) mass is 244 g/mol. The van der Waals surface area contributed by atoms with E-state index in [1.54, 1.807) is 0 Å². The van der Waals surface area contributed by atoms with Crippen LogP contribution >= 0.6 is 0 Å². The Hall–Kier alpha value is -0.460. The predicted molar refractivity (Wildman–Crippen MR) is 60.9 cm³/mol. The van der Waals surface area contributed by atoms with Gasteiger partial charge >= 0.3 is 0 Å². The van der Waals surface area contributed by atoms with Gasteiger partial charge in [0, 0.05) is 6.61 Å². The Morgan fingerprint density at radius 3 is 2.71 bits per heavy atom. The third-order valence-corrected chi connectivity index (χ3v) is 2.95. The first-order chi connectivity index (χ1) is 8.35.